The van der Waals surface area contributed by atoms with Crippen LogP contribution in [0.4, 0.5) is 0 Å². The Morgan fingerprint density at radius 3 is 2.08 bits per heavy atom. The Labute approximate surface area is 77.2 Å². The highest BCUT2D eigenvalue weighted by molar-refractivity contribution is 5.03. The van der Waals surface area contributed by atoms with Crippen molar-refractivity contribution >= 4 is 0 Å². The minimum atomic E-state index is 0.481. The molecule has 0 aromatic heterocycles. The van der Waals surface area contributed by atoms with Gasteiger partial charge >= 0.3 is 0 Å². The van der Waals surface area contributed by atoms with E-state index >= 15 is 0 Å². The van der Waals surface area contributed by atoms with Gasteiger partial charge in [0.1, 0.15) is 0 Å². The fourth-order valence-corrected chi connectivity index (χ4v) is 1.41. The Hall–Kier alpha value is -0.300. The molecule has 0 radical (unpaired) electrons. The summed E-state index contributed by atoms with van der Waals surface area (Å²) in [5.41, 5.74) is 1.25. The van der Waals surface area contributed by atoms with Gasteiger partial charge in [0.15, 0.2) is 0 Å². The van der Waals surface area contributed by atoms with Gasteiger partial charge in [-0.3, -0.25) is 0 Å². The van der Waals surface area contributed by atoms with Crippen molar-refractivity contribution in [3.05, 3.63) is 12.2 Å². The molecule has 2 atom stereocenters. The van der Waals surface area contributed by atoms with E-state index in [-0.39, 0.29) is 0 Å². The van der Waals surface area contributed by atoms with E-state index in [0.29, 0.717) is 17.9 Å². The van der Waals surface area contributed by atoms with Gasteiger partial charge in [-0.25, -0.2) is 0 Å². The summed E-state index contributed by atoms with van der Waals surface area (Å²) >= 11 is 0. The average Bonchev–Trinajstić information content (AvgIpc) is 1.98. The maximum Gasteiger partial charge on any atom is 0.0302 e. The minimum absolute atomic E-state index is 0.481. The predicted octanol–water partition coefficient (Wildman–Crippen LogP) is 2.83. The lowest BCUT2D eigenvalue weighted by Gasteiger charge is -2.28. The van der Waals surface area contributed by atoms with Crippen LogP contribution in [0, 0.1) is 11.8 Å². The van der Waals surface area contributed by atoms with Gasteiger partial charge in [0.2, 0.25) is 0 Å². The maximum absolute atomic E-state index is 4.02. The lowest BCUT2D eigenvalue weighted by atomic mass is 9.87. The Morgan fingerprint density at radius 2 is 1.83 bits per heavy atom. The zero-order chi connectivity index (χ0) is 9.72. The second kappa shape index (κ2) is 5.36. The molecule has 2 unspecified atom stereocenters. The predicted molar refractivity (Wildman–Crippen MR) is 56.3 cm³/mol. The van der Waals surface area contributed by atoms with Gasteiger partial charge in [0.05, 0.1) is 0 Å². The molecule has 0 rings (SSSR count). The summed E-state index contributed by atoms with van der Waals surface area (Å²) in [5, 5.41) is 3.46. The van der Waals surface area contributed by atoms with Crippen LogP contribution in [0.5, 0.6) is 0 Å². The number of rotatable bonds is 5. The zero-order valence-electron chi connectivity index (χ0n) is 9.15. The normalized spacial score (nSPS) is 16.2. The van der Waals surface area contributed by atoms with Crippen molar-refractivity contribution in [2.45, 2.75) is 40.7 Å². The molecule has 0 aromatic carbocycles. The molecule has 1 heteroatoms. The van der Waals surface area contributed by atoms with E-state index in [9.17, 15) is 0 Å². The van der Waals surface area contributed by atoms with Gasteiger partial charge in [-0.05, 0) is 25.3 Å². The molecular weight excluding hydrogens is 146 g/mol. The van der Waals surface area contributed by atoms with Crippen LogP contribution < -0.4 is 5.32 Å². The summed E-state index contributed by atoms with van der Waals surface area (Å²) < 4.78 is 0. The number of hydrogen-bond acceptors (Lipinski definition) is 1. The second-order valence-corrected chi connectivity index (χ2v) is 3.98. The first kappa shape index (κ1) is 11.7. The average molecular weight is 169 g/mol. The number of likely N-dealkylation sites (N-methyl/N-ethyl adjacent to an activating group) is 1. The van der Waals surface area contributed by atoms with E-state index in [4.69, 9.17) is 0 Å². The van der Waals surface area contributed by atoms with Crippen LogP contribution >= 0.6 is 0 Å². The number of nitrogens with one attached hydrogen (secondary N) is 1. The highest BCUT2D eigenvalue weighted by Crippen LogP contribution is 2.18. The fourth-order valence-electron chi connectivity index (χ4n) is 1.41. The molecule has 0 saturated heterocycles. The van der Waals surface area contributed by atoms with Crippen molar-refractivity contribution in [3.63, 3.8) is 0 Å². The molecule has 0 spiro atoms. The molecule has 0 amide bonds. The second-order valence-electron chi connectivity index (χ2n) is 3.98. The lowest BCUT2D eigenvalue weighted by Crippen LogP contribution is -2.37. The Balaban J connectivity index is 4.18. The first-order chi connectivity index (χ1) is 5.50. The molecule has 12 heavy (non-hydrogen) atoms. The van der Waals surface area contributed by atoms with Crippen molar-refractivity contribution in [1.29, 1.82) is 0 Å². The van der Waals surface area contributed by atoms with Gasteiger partial charge in [-0.1, -0.05) is 39.8 Å². The summed E-state index contributed by atoms with van der Waals surface area (Å²) in [6.07, 6.45) is 0. The summed E-state index contributed by atoms with van der Waals surface area (Å²) in [4.78, 5) is 0. The third-order valence-electron chi connectivity index (χ3n) is 2.53. The molecule has 0 heterocycles. The van der Waals surface area contributed by atoms with Gasteiger partial charge in [-0.2, -0.15) is 0 Å². The van der Waals surface area contributed by atoms with Gasteiger partial charge in [0.25, 0.3) is 0 Å². The molecule has 0 aromatic rings. The van der Waals surface area contributed by atoms with Gasteiger partial charge in [-0.15, -0.1) is 0 Å². The molecule has 1 nitrogen and oxygen atoms in total. The lowest BCUT2D eigenvalue weighted by molar-refractivity contribution is 0.332. The number of hydrogen-bond donors (Lipinski definition) is 1. The van der Waals surface area contributed by atoms with Crippen LogP contribution in [0.2, 0.25) is 0 Å². The smallest absolute Gasteiger partial charge is 0.0302 e. The van der Waals surface area contributed by atoms with Crippen LogP contribution in [0.1, 0.15) is 34.6 Å². The molecule has 0 saturated carbocycles. The van der Waals surface area contributed by atoms with Crippen LogP contribution in [-0.4, -0.2) is 12.6 Å². The van der Waals surface area contributed by atoms with Crippen molar-refractivity contribution in [1.82, 2.24) is 5.32 Å². The molecule has 0 aliphatic carbocycles. The molecule has 72 valence electrons. The molecule has 0 aliphatic heterocycles. The van der Waals surface area contributed by atoms with Crippen molar-refractivity contribution in [2.24, 2.45) is 11.8 Å². The monoisotopic (exact) mass is 169 g/mol. The summed E-state index contributed by atoms with van der Waals surface area (Å²) in [7, 11) is 0. The van der Waals surface area contributed by atoms with Crippen LogP contribution in [-0.2, 0) is 0 Å². The third-order valence-corrected chi connectivity index (χ3v) is 2.53. The minimum Gasteiger partial charge on any atom is -0.310 e. The van der Waals surface area contributed by atoms with E-state index in [2.05, 4.69) is 46.5 Å². The fraction of sp³-hybridized carbons (Fsp3) is 0.818. The van der Waals surface area contributed by atoms with Crippen molar-refractivity contribution in [3.8, 4) is 0 Å². The highest BCUT2D eigenvalue weighted by atomic mass is 14.9. The first-order valence-electron chi connectivity index (χ1n) is 4.89. The topological polar surface area (TPSA) is 12.0 Å². The van der Waals surface area contributed by atoms with E-state index < -0.39 is 0 Å². The Bertz CT molecular complexity index is 138. The van der Waals surface area contributed by atoms with Crippen LogP contribution in [0.3, 0.4) is 0 Å². The third kappa shape index (κ3) is 3.40. The van der Waals surface area contributed by atoms with E-state index in [1.807, 2.05) is 0 Å². The highest BCUT2D eigenvalue weighted by Gasteiger charge is 2.19. The Kier molecular flexibility index (Phi) is 5.23. The summed E-state index contributed by atoms with van der Waals surface area (Å²) in [6.45, 7) is 16.1. The zero-order valence-corrected chi connectivity index (χ0v) is 9.15. The van der Waals surface area contributed by atoms with Crippen molar-refractivity contribution < 1.29 is 0 Å². The molecule has 0 bridgehead atoms. The summed E-state index contributed by atoms with van der Waals surface area (Å²) in [6, 6.07) is 0.481. The van der Waals surface area contributed by atoms with Gasteiger partial charge in [0, 0.05) is 6.04 Å². The van der Waals surface area contributed by atoms with Crippen LogP contribution in [0.15, 0.2) is 12.2 Å². The standard InChI is InChI=1S/C11H23N/c1-7-12-11(9(4)5)10(6)8(2)3/h8,10-12H,4,7H2,1-3,5-6H3. The van der Waals surface area contributed by atoms with E-state index in [0.717, 1.165) is 6.54 Å². The van der Waals surface area contributed by atoms with Crippen molar-refractivity contribution in [2.75, 3.05) is 6.54 Å². The summed E-state index contributed by atoms with van der Waals surface area (Å²) in [5.74, 6) is 1.38. The van der Waals surface area contributed by atoms with Gasteiger partial charge < -0.3 is 5.32 Å². The first-order valence-corrected chi connectivity index (χ1v) is 4.89. The quantitative estimate of drug-likeness (QED) is 0.624. The maximum atomic E-state index is 4.02. The van der Waals surface area contributed by atoms with E-state index in [1.165, 1.54) is 5.57 Å². The molecule has 0 aliphatic rings. The van der Waals surface area contributed by atoms with Crippen LogP contribution in [0.25, 0.3) is 0 Å². The van der Waals surface area contributed by atoms with E-state index in [1.54, 1.807) is 0 Å². The largest absolute Gasteiger partial charge is 0.310 e. The SMILES string of the molecule is C=C(C)C(NCC)C(C)C(C)C. The molecule has 1 N–H and O–H groups in total. The molecular formula is C11H23N. The molecule has 0 fully saturated rings. The Morgan fingerprint density at radius 1 is 1.33 bits per heavy atom.